The van der Waals surface area contributed by atoms with Crippen molar-refractivity contribution in [3.8, 4) is 11.5 Å². The Labute approximate surface area is 151 Å². The summed E-state index contributed by atoms with van der Waals surface area (Å²) in [7, 11) is 1.58. The third kappa shape index (κ3) is 5.64. The van der Waals surface area contributed by atoms with Gasteiger partial charge in [0.25, 0.3) is 5.91 Å². The summed E-state index contributed by atoms with van der Waals surface area (Å²) in [5.74, 6) is 0.414. The Kier molecular flexibility index (Phi) is 7.20. The molecule has 2 aromatic rings. The van der Waals surface area contributed by atoms with Crippen molar-refractivity contribution in [1.29, 1.82) is 0 Å². The number of carbonyl (C=O) groups excluding carboxylic acids is 2. The summed E-state index contributed by atoms with van der Waals surface area (Å²) in [6.45, 7) is 0.605. The maximum absolute atomic E-state index is 11.8. The van der Waals surface area contributed by atoms with Crippen LogP contribution in [0, 0.1) is 0 Å². The topological polar surface area (TPSA) is 96.9 Å². The summed E-state index contributed by atoms with van der Waals surface area (Å²) in [5, 5.41) is 11.3. The smallest absolute Gasteiger partial charge is 0.274 e. The Bertz CT molecular complexity index is 772. The normalized spacial score (nSPS) is 10.4. The summed E-state index contributed by atoms with van der Waals surface area (Å²) in [6, 6.07) is 13.7. The predicted molar refractivity (Wildman–Crippen MR) is 96.2 cm³/mol. The molecule has 7 heteroatoms. The van der Waals surface area contributed by atoms with Gasteiger partial charge in [-0.15, -0.1) is 0 Å². The van der Waals surface area contributed by atoms with E-state index in [1.165, 1.54) is 18.2 Å². The Morgan fingerprint density at radius 1 is 1.12 bits per heavy atom. The molecular formula is C19H20N2O5. The van der Waals surface area contributed by atoms with Crippen LogP contribution in [0.2, 0.25) is 0 Å². The molecule has 2 rings (SSSR count). The maximum atomic E-state index is 11.8. The highest BCUT2D eigenvalue weighted by Crippen LogP contribution is 2.18. The lowest BCUT2D eigenvalue weighted by Crippen LogP contribution is -2.26. The van der Waals surface area contributed by atoms with Crippen molar-refractivity contribution in [3.63, 3.8) is 0 Å². The second-order valence-electron chi connectivity index (χ2n) is 5.18. The van der Waals surface area contributed by atoms with Crippen molar-refractivity contribution in [1.82, 2.24) is 10.8 Å². The molecular weight excluding hydrogens is 336 g/mol. The monoisotopic (exact) mass is 356 g/mol. The van der Waals surface area contributed by atoms with Gasteiger partial charge in [-0.2, -0.15) is 0 Å². The third-order valence-electron chi connectivity index (χ3n) is 3.44. The third-order valence-corrected chi connectivity index (χ3v) is 3.44. The van der Waals surface area contributed by atoms with E-state index < -0.39 is 5.91 Å². The lowest BCUT2D eigenvalue weighted by Gasteiger charge is -2.07. The molecule has 0 atom stereocenters. The predicted octanol–water partition coefficient (Wildman–Crippen LogP) is 2.02. The van der Waals surface area contributed by atoms with Gasteiger partial charge in [-0.3, -0.25) is 14.8 Å². The van der Waals surface area contributed by atoms with E-state index in [0.717, 1.165) is 5.56 Å². The van der Waals surface area contributed by atoms with Gasteiger partial charge in [0.2, 0.25) is 5.91 Å². The average molecular weight is 356 g/mol. The van der Waals surface area contributed by atoms with Crippen molar-refractivity contribution in [2.75, 3.05) is 20.3 Å². The van der Waals surface area contributed by atoms with Crippen molar-refractivity contribution >= 4 is 17.9 Å². The first kappa shape index (κ1) is 19.0. The summed E-state index contributed by atoms with van der Waals surface area (Å²) in [4.78, 5) is 23.0. The molecule has 0 fully saturated rings. The lowest BCUT2D eigenvalue weighted by molar-refractivity contribution is -0.116. The number of rotatable bonds is 8. The molecule has 0 bridgehead atoms. The number of para-hydroxylation sites is 1. The van der Waals surface area contributed by atoms with E-state index in [1.807, 2.05) is 24.3 Å². The standard InChI is InChI=1S/C19H20N2O5/c1-25-17-5-3-2-4-14(17)8-11-18(22)20-12-13-26-16-9-6-15(7-10-16)19(23)21-24/h2-11,24H,12-13H2,1H3,(H,20,22)(H,21,23)/b11-8+. The van der Waals surface area contributed by atoms with Crippen molar-refractivity contribution < 1.29 is 24.3 Å². The number of carbonyl (C=O) groups is 2. The zero-order valence-corrected chi connectivity index (χ0v) is 14.3. The number of benzene rings is 2. The highest BCUT2D eigenvalue weighted by atomic mass is 16.5. The van der Waals surface area contributed by atoms with Gasteiger partial charge < -0.3 is 14.8 Å². The van der Waals surface area contributed by atoms with E-state index in [4.69, 9.17) is 14.7 Å². The van der Waals surface area contributed by atoms with Crippen LogP contribution in [0.1, 0.15) is 15.9 Å². The fourth-order valence-corrected chi connectivity index (χ4v) is 2.14. The number of hydrogen-bond donors (Lipinski definition) is 3. The number of nitrogens with one attached hydrogen (secondary N) is 2. The zero-order valence-electron chi connectivity index (χ0n) is 14.3. The Hall–Kier alpha value is -3.32. The molecule has 0 radical (unpaired) electrons. The fraction of sp³-hybridized carbons (Fsp3) is 0.158. The molecule has 0 saturated heterocycles. The molecule has 0 saturated carbocycles. The number of methoxy groups -OCH3 is 1. The Balaban J connectivity index is 1.74. The van der Waals surface area contributed by atoms with Crippen molar-refractivity contribution in [2.45, 2.75) is 0 Å². The van der Waals surface area contributed by atoms with Gasteiger partial charge in [0, 0.05) is 17.2 Å². The van der Waals surface area contributed by atoms with Crippen LogP contribution in [0.3, 0.4) is 0 Å². The number of hydroxylamine groups is 1. The minimum atomic E-state index is -0.592. The van der Waals surface area contributed by atoms with Crippen LogP contribution in [0.25, 0.3) is 6.08 Å². The molecule has 0 aliphatic heterocycles. The first-order chi connectivity index (χ1) is 12.6. The molecule has 26 heavy (non-hydrogen) atoms. The molecule has 0 aromatic heterocycles. The number of hydrogen-bond acceptors (Lipinski definition) is 5. The highest BCUT2D eigenvalue weighted by molar-refractivity contribution is 5.93. The molecule has 0 aliphatic carbocycles. The van der Waals surface area contributed by atoms with Gasteiger partial charge in [0.1, 0.15) is 18.1 Å². The summed E-state index contributed by atoms with van der Waals surface area (Å²) < 4.78 is 10.7. The van der Waals surface area contributed by atoms with Gasteiger partial charge in [0.15, 0.2) is 0 Å². The molecule has 0 spiro atoms. The Morgan fingerprint density at radius 3 is 2.54 bits per heavy atom. The second kappa shape index (κ2) is 9.85. The molecule has 2 aromatic carbocycles. The van der Waals surface area contributed by atoms with E-state index >= 15 is 0 Å². The highest BCUT2D eigenvalue weighted by Gasteiger charge is 2.04. The summed E-state index contributed by atoms with van der Waals surface area (Å²) in [6.07, 6.45) is 3.11. The van der Waals surface area contributed by atoms with Gasteiger partial charge in [-0.1, -0.05) is 18.2 Å². The molecule has 3 N–H and O–H groups in total. The molecule has 0 aliphatic rings. The van der Waals surface area contributed by atoms with E-state index in [1.54, 1.807) is 30.8 Å². The van der Waals surface area contributed by atoms with Crippen LogP contribution < -0.4 is 20.3 Å². The molecule has 136 valence electrons. The van der Waals surface area contributed by atoms with Gasteiger partial charge in [0.05, 0.1) is 13.7 Å². The second-order valence-corrected chi connectivity index (χ2v) is 5.18. The molecule has 2 amide bonds. The van der Waals surface area contributed by atoms with E-state index in [9.17, 15) is 9.59 Å². The maximum Gasteiger partial charge on any atom is 0.274 e. The molecule has 7 nitrogen and oxygen atoms in total. The van der Waals surface area contributed by atoms with Crippen LogP contribution in [0.5, 0.6) is 11.5 Å². The van der Waals surface area contributed by atoms with Crippen molar-refractivity contribution in [3.05, 3.63) is 65.7 Å². The van der Waals surface area contributed by atoms with Crippen LogP contribution in [0.15, 0.2) is 54.6 Å². The van der Waals surface area contributed by atoms with E-state index in [-0.39, 0.29) is 12.5 Å². The van der Waals surface area contributed by atoms with Crippen LogP contribution in [-0.4, -0.2) is 37.3 Å². The SMILES string of the molecule is COc1ccccc1/C=C/C(=O)NCCOc1ccc(C(=O)NO)cc1. The van der Waals surface area contributed by atoms with Crippen molar-refractivity contribution in [2.24, 2.45) is 0 Å². The van der Waals surface area contributed by atoms with E-state index in [0.29, 0.717) is 23.6 Å². The molecule has 0 unspecified atom stereocenters. The van der Waals surface area contributed by atoms with Gasteiger partial charge in [-0.25, -0.2) is 5.48 Å². The largest absolute Gasteiger partial charge is 0.496 e. The van der Waals surface area contributed by atoms with Gasteiger partial charge >= 0.3 is 0 Å². The van der Waals surface area contributed by atoms with Gasteiger partial charge in [-0.05, 0) is 36.4 Å². The first-order valence-electron chi connectivity index (χ1n) is 7.90. The zero-order chi connectivity index (χ0) is 18.8. The van der Waals surface area contributed by atoms with Crippen LogP contribution >= 0.6 is 0 Å². The minimum Gasteiger partial charge on any atom is -0.496 e. The van der Waals surface area contributed by atoms with Crippen LogP contribution in [-0.2, 0) is 4.79 Å². The number of ether oxygens (including phenoxy) is 2. The quantitative estimate of drug-likeness (QED) is 0.291. The minimum absolute atomic E-state index is 0.241. The first-order valence-corrected chi connectivity index (χ1v) is 7.90. The van der Waals surface area contributed by atoms with Crippen LogP contribution in [0.4, 0.5) is 0 Å². The Morgan fingerprint density at radius 2 is 1.85 bits per heavy atom. The average Bonchev–Trinajstić information content (AvgIpc) is 2.69. The molecule has 0 heterocycles. The number of amides is 2. The fourth-order valence-electron chi connectivity index (χ4n) is 2.14. The summed E-state index contributed by atoms with van der Waals surface area (Å²) in [5.41, 5.74) is 2.68. The summed E-state index contributed by atoms with van der Waals surface area (Å²) >= 11 is 0. The van der Waals surface area contributed by atoms with E-state index in [2.05, 4.69) is 5.32 Å². The lowest BCUT2D eigenvalue weighted by atomic mass is 10.2.